The molecule has 1 aliphatic rings. The van der Waals surface area contributed by atoms with Crippen LogP contribution in [0.4, 0.5) is 5.69 Å². The summed E-state index contributed by atoms with van der Waals surface area (Å²) in [6, 6.07) is 22.5. The smallest absolute Gasteiger partial charge is 0.159 e. The van der Waals surface area contributed by atoms with Crippen LogP contribution in [-0.2, 0) is 7.05 Å². The molecular weight excluding hydrogens is 320 g/mol. The van der Waals surface area contributed by atoms with Crippen LogP contribution in [0.1, 0.15) is 24.1 Å². The van der Waals surface area contributed by atoms with Gasteiger partial charge in [0.25, 0.3) is 0 Å². The molecule has 0 spiro atoms. The van der Waals surface area contributed by atoms with Gasteiger partial charge in [-0.05, 0) is 35.9 Å². The van der Waals surface area contributed by atoms with Crippen LogP contribution < -0.4 is 0 Å². The number of aryl methyl sites for hydroxylation is 1. The van der Waals surface area contributed by atoms with Crippen LogP contribution >= 0.6 is 0 Å². The van der Waals surface area contributed by atoms with Gasteiger partial charge in [0, 0.05) is 13.0 Å². The van der Waals surface area contributed by atoms with Gasteiger partial charge in [0.1, 0.15) is 5.69 Å². The van der Waals surface area contributed by atoms with Crippen LogP contribution in [0.15, 0.2) is 71.7 Å². The molecule has 5 rings (SSSR count). The molecule has 0 saturated heterocycles. The van der Waals surface area contributed by atoms with Gasteiger partial charge in [-0.3, -0.25) is 4.99 Å². The monoisotopic (exact) mass is 338 g/mol. The number of rotatable bonds is 2. The number of nitrogens with zero attached hydrogens (tertiary/aromatic N) is 4. The van der Waals surface area contributed by atoms with Crippen molar-refractivity contribution in [2.45, 2.75) is 12.8 Å². The van der Waals surface area contributed by atoms with Crippen LogP contribution in [0.2, 0.25) is 0 Å². The van der Waals surface area contributed by atoms with Crippen LogP contribution in [0.25, 0.3) is 22.6 Å². The van der Waals surface area contributed by atoms with Crippen molar-refractivity contribution in [1.29, 1.82) is 0 Å². The Morgan fingerprint density at radius 1 is 0.808 bits per heavy atom. The summed E-state index contributed by atoms with van der Waals surface area (Å²) in [5.74, 6) is 1.12. The highest BCUT2D eigenvalue weighted by atomic mass is 15.1. The number of aliphatic imine (C=N–C) groups is 1. The Bertz CT molecular complexity index is 1170. The number of hydrogen-bond acceptors (Lipinski definition) is 3. The van der Waals surface area contributed by atoms with Crippen LogP contribution in [0, 0.1) is 0 Å². The Hall–Kier alpha value is -3.27. The Balaban J connectivity index is 1.61. The van der Waals surface area contributed by atoms with Gasteiger partial charge in [0.15, 0.2) is 5.82 Å². The third-order valence-corrected chi connectivity index (χ3v) is 5.08. The minimum atomic E-state index is 0.245. The summed E-state index contributed by atoms with van der Waals surface area (Å²) in [5, 5.41) is 0. The Morgan fingerprint density at radius 2 is 1.58 bits per heavy atom. The normalized spacial score (nSPS) is 15.9. The molecule has 0 fully saturated rings. The molecule has 0 amide bonds. The largest absolute Gasteiger partial charge is 0.326 e. The van der Waals surface area contributed by atoms with E-state index in [4.69, 9.17) is 15.0 Å². The number of benzene rings is 2. The SMILES string of the molecule is CC1C(c2cccc(-c3nc4ccccc4n3C)n2)=Nc2ccccc21. The molecule has 4 heteroatoms. The maximum Gasteiger partial charge on any atom is 0.159 e. The molecule has 3 heterocycles. The molecule has 2 aromatic carbocycles. The second-order valence-electron chi connectivity index (χ2n) is 6.67. The lowest BCUT2D eigenvalue weighted by Crippen LogP contribution is -2.09. The van der Waals surface area contributed by atoms with Crippen molar-refractivity contribution in [3.8, 4) is 11.5 Å². The highest BCUT2D eigenvalue weighted by Gasteiger charge is 2.25. The zero-order valence-electron chi connectivity index (χ0n) is 14.7. The van der Waals surface area contributed by atoms with Gasteiger partial charge >= 0.3 is 0 Å². The van der Waals surface area contributed by atoms with E-state index in [9.17, 15) is 0 Å². The molecule has 1 unspecified atom stereocenters. The molecule has 2 aromatic heterocycles. The maximum atomic E-state index is 4.90. The maximum absolute atomic E-state index is 4.90. The van der Waals surface area contributed by atoms with Gasteiger partial charge in [0.2, 0.25) is 0 Å². The highest BCUT2D eigenvalue weighted by molar-refractivity contribution is 6.08. The van der Waals surface area contributed by atoms with E-state index in [0.717, 1.165) is 39.6 Å². The molecule has 0 aliphatic carbocycles. The van der Waals surface area contributed by atoms with Gasteiger partial charge in [-0.15, -0.1) is 0 Å². The third kappa shape index (κ3) is 2.19. The van der Waals surface area contributed by atoms with Crippen LogP contribution in [-0.4, -0.2) is 20.2 Å². The Kier molecular flexibility index (Phi) is 3.25. The van der Waals surface area contributed by atoms with Crippen molar-refractivity contribution in [2.24, 2.45) is 12.0 Å². The molecule has 26 heavy (non-hydrogen) atoms. The first kappa shape index (κ1) is 15.0. The second kappa shape index (κ2) is 5.63. The van der Waals surface area contributed by atoms with E-state index in [0.29, 0.717) is 0 Å². The molecule has 0 radical (unpaired) electrons. The van der Waals surface area contributed by atoms with Crippen molar-refractivity contribution >= 4 is 22.4 Å². The first-order valence-corrected chi connectivity index (χ1v) is 8.79. The molecule has 4 aromatic rings. The van der Waals surface area contributed by atoms with E-state index >= 15 is 0 Å². The number of pyridine rings is 1. The van der Waals surface area contributed by atoms with Gasteiger partial charge in [-0.25, -0.2) is 9.97 Å². The first-order chi connectivity index (χ1) is 12.7. The summed E-state index contributed by atoms with van der Waals surface area (Å²) in [6.45, 7) is 2.19. The first-order valence-electron chi connectivity index (χ1n) is 8.79. The molecule has 0 N–H and O–H groups in total. The van der Waals surface area contributed by atoms with E-state index in [1.54, 1.807) is 0 Å². The quantitative estimate of drug-likeness (QED) is 0.523. The molecule has 0 saturated carbocycles. The molecule has 1 aliphatic heterocycles. The average Bonchev–Trinajstić information content (AvgIpc) is 3.20. The fourth-order valence-electron chi connectivity index (χ4n) is 3.69. The lowest BCUT2D eigenvalue weighted by molar-refractivity contribution is 0.948. The van der Waals surface area contributed by atoms with Gasteiger partial charge in [-0.1, -0.05) is 43.3 Å². The second-order valence-corrected chi connectivity index (χ2v) is 6.67. The predicted molar refractivity (Wildman–Crippen MR) is 105 cm³/mol. The van der Waals surface area contributed by atoms with E-state index in [-0.39, 0.29) is 5.92 Å². The fourth-order valence-corrected chi connectivity index (χ4v) is 3.69. The van der Waals surface area contributed by atoms with Gasteiger partial charge < -0.3 is 4.57 Å². The molecular formula is C22H18N4. The molecule has 4 nitrogen and oxygen atoms in total. The summed E-state index contributed by atoms with van der Waals surface area (Å²) in [4.78, 5) is 14.5. The summed E-state index contributed by atoms with van der Waals surface area (Å²) >= 11 is 0. The lowest BCUT2D eigenvalue weighted by Gasteiger charge is -2.09. The van der Waals surface area contributed by atoms with Crippen molar-refractivity contribution in [2.75, 3.05) is 0 Å². The number of hydrogen-bond donors (Lipinski definition) is 0. The van der Waals surface area contributed by atoms with Crippen LogP contribution in [0.5, 0.6) is 0 Å². The third-order valence-electron chi connectivity index (χ3n) is 5.08. The van der Waals surface area contributed by atoms with E-state index in [2.05, 4.69) is 35.8 Å². The number of imidazole rings is 1. The standard InChI is InChI=1S/C22H18N4/c1-14-15-8-3-4-9-16(15)24-21(14)18-11-7-12-19(23-18)22-25-17-10-5-6-13-20(17)26(22)2/h3-14H,1-2H3. The minimum Gasteiger partial charge on any atom is -0.326 e. The summed E-state index contributed by atoms with van der Waals surface area (Å²) in [5.41, 5.74) is 7.20. The van der Waals surface area contributed by atoms with E-state index < -0.39 is 0 Å². The summed E-state index contributed by atoms with van der Waals surface area (Å²) in [7, 11) is 2.03. The zero-order valence-corrected chi connectivity index (χ0v) is 14.7. The topological polar surface area (TPSA) is 43.1 Å². The zero-order chi connectivity index (χ0) is 17.7. The Labute approximate surface area is 151 Å². The van der Waals surface area contributed by atoms with E-state index in [1.165, 1.54) is 5.56 Å². The molecule has 126 valence electrons. The minimum absolute atomic E-state index is 0.245. The average molecular weight is 338 g/mol. The van der Waals surface area contributed by atoms with Crippen molar-refractivity contribution in [3.63, 3.8) is 0 Å². The lowest BCUT2D eigenvalue weighted by atomic mass is 9.96. The summed E-state index contributed by atoms with van der Waals surface area (Å²) in [6.07, 6.45) is 0. The van der Waals surface area contributed by atoms with Crippen molar-refractivity contribution < 1.29 is 0 Å². The van der Waals surface area contributed by atoms with Gasteiger partial charge in [-0.2, -0.15) is 0 Å². The fraction of sp³-hybridized carbons (Fsp3) is 0.136. The van der Waals surface area contributed by atoms with Crippen molar-refractivity contribution in [3.05, 3.63) is 78.0 Å². The Morgan fingerprint density at radius 3 is 2.42 bits per heavy atom. The predicted octanol–water partition coefficient (Wildman–Crippen LogP) is 4.87. The number of fused-ring (bicyclic) bond motifs is 2. The number of aromatic nitrogens is 3. The molecule has 0 bridgehead atoms. The summed E-state index contributed by atoms with van der Waals surface area (Å²) < 4.78 is 2.09. The highest BCUT2D eigenvalue weighted by Crippen LogP contribution is 2.37. The van der Waals surface area contributed by atoms with Gasteiger partial charge in [0.05, 0.1) is 28.1 Å². The van der Waals surface area contributed by atoms with Crippen LogP contribution in [0.3, 0.4) is 0 Å². The van der Waals surface area contributed by atoms with Crippen molar-refractivity contribution in [1.82, 2.24) is 14.5 Å². The molecule has 1 atom stereocenters. The number of para-hydroxylation sites is 3. The van der Waals surface area contributed by atoms with E-state index in [1.807, 2.05) is 49.5 Å².